The maximum Gasteiger partial charge on any atom is 0.146 e. The molecule has 0 saturated carbocycles. The number of aromatic nitrogens is 3. The third kappa shape index (κ3) is 4.99. The topological polar surface area (TPSA) is 81.2 Å². The first-order valence-corrected chi connectivity index (χ1v) is 11.3. The van der Waals surface area contributed by atoms with E-state index in [2.05, 4.69) is 25.6 Å². The summed E-state index contributed by atoms with van der Waals surface area (Å²) in [5, 5.41) is 8.12. The van der Waals surface area contributed by atoms with E-state index in [0.717, 1.165) is 41.0 Å². The van der Waals surface area contributed by atoms with Crippen LogP contribution in [0.15, 0.2) is 61.1 Å². The van der Waals surface area contributed by atoms with Crippen molar-refractivity contribution in [1.82, 2.24) is 20.3 Å². The van der Waals surface area contributed by atoms with E-state index in [4.69, 9.17) is 21.1 Å². The number of anilines is 2. The molecule has 8 heteroatoms. The lowest BCUT2D eigenvalue weighted by molar-refractivity contribution is 0.280. The van der Waals surface area contributed by atoms with Gasteiger partial charge in [-0.3, -0.25) is 4.98 Å². The van der Waals surface area contributed by atoms with Crippen LogP contribution in [0.2, 0.25) is 5.02 Å². The molecule has 2 N–H and O–H groups in total. The van der Waals surface area contributed by atoms with E-state index >= 15 is 0 Å². The van der Waals surface area contributed by atoms with E-state index in [1.54, 1.807) is 12.3 Å². The second kappa shape index (κ2) is 9.60. The highest BCUT2D eigenvalue weighted by molar-refractivity contribution is 6.32. The Balaban J connectivity index is 1.38. The number of nitrogens with zero attached hydrogens (tertiary/aromatic N) is 3. The Labute approximate surface area is 197 Å². The van der Waals surface area contributed by atoms with E-state index < -0.39 is 0 Å². The third-order valence-corrected chi connectivity index (χ3v) is 5.83. The summed E-state index contributed by atoms with van der Waals surface area (Å²) in [5.74, 6) is 2.58. The van der Waals surface area contributed by atoms with Crippen LogP contribution < -0.4 is 20.1 Å². The number of hydrogen-bond donors (Lipinski definition) is 2. The van der Waals surface area contributed by atoms with E-state index in [1.807, 2.05) is 49.4 Å². The van der Waals surface area contributed by atoms with E-state index in [9.17, 15) is 0 Å². The zero-order valence-corrected chi connectivity index (χ0v) is 19.0. The first kappa shape index (κ1) is 21.4. The summed E-state index contributed by atoms with van der Waals surface area (Å²) >= 11 is 6.50. The highest BCUT2D eigenvalue weighted by atomic mass is 35.5. The van der Waals surface area contributed by atoms with Gasteiger partial charge in [0.15, 0.2) is 0 Å². The van der Waals surface area contributed by atoms with Crippen molar-refractivity contribution in [3.05, 3.63) is 71.8 Å². The maximum absolute atomic E-state index is 6.50. The van der Waals surface area contributed by atoms with Crippen LogP contribution in [0.1, 0.15) is 18.5 Å². The van der Waals surface area contributed by atoms with Gasteiger partial charge in [0.1, 0.15) is 36.0 Å². The summed E-state index contributed by atoms with van der Waals surface area (Å²) in [4.78, 5) is 13.1. The zero-order chi connectivity index (χ0) is 22.6. The molecule has 0 aliphatic carbocycles. The molecule has 33 heavy (non-hydrogen) atoms. The third-order valence-electron chi connectivity index (χ3n) is 5.53. The standard InChI is InChI=1S/C25H24ClN5O2/c1-16-7-9-19(13-28-16)33-22-10-8-17(12-20(22)26)31-25-24-21(29-15-30-25)5-2-6-23(24)32-14-18-4-3-11-27-18/h2,5-10,12-13,15,18,27H,3-4,11,14H2,1H3,(H,29,30,31)/t18-/m1/s1. The molecule has 168 valence electrons. The number of rotatable bonds is 7. The summed E-state index contributed by atoms with van der Waals surface area (Å²) in [6, 6.07) is 15.5. The van der Waals surface area contributed by atoms with Gasteiger partial charge in [0.2, 0.25) is 0 Å². The number of pyridine rings is 1. The average molecular weight is 462 g/mol. The van der Waals surface area contributed by atoms with Gasteiger partial charge in [-0.1, -0.05) is 17.7 Å². The number of nitrogens with one attached hydrogen (secondary N) is 2. The van der Waals surface area contributed by atoms with Crippen molar-refractivity contribution in [3.8, 4) is 17.2 Å². The number of ether oxygens (including phenoxy) is 2. The Bertz CT molecular complexity index is 1250. The van der Waals surface area contributed by atoms with Gasteiger partial charge in [0, 0.05) is 17.4 Å². The molecule has 0 bridgehead atoms. The van der Waals surface area contributed by atoms with Crippen LogP contribution in [-0.4, -0.2) is 34.1 Å². The second-order valence-corrected chi connectivity index (χ2v) is 8.39. The van der Waals surface area contributed by atoms with Gasteiger partial charge in [-0.15, -0.1) is 0 Å². The normalized spacial score (nSPS) is 15.5. The maximum atomic E-state index is 6.50. The van der Waals surface area contributed by atoms with E-state index in [-0.39, 0.29) is 0 Å². The Morgan fingerprint density at radius 3 is 2.82 bits per heavy atom. The lowest BCUT2D eigenvalue weighted by Crippen LogP contribution is -2.28. The second-order valence-electron chi connectivity index (χ2n) is 7.98. The Morgan fingerprint density at radius 2 is 2.03 bits per heavy atom. The average Bonchev–Trinajstić information content (AvgIpc) is 3.35. The monoisotopic (exact) mass is 461 g/mol. The number of benzene rings is 2. The minimum absolute atomic E-state index is 0.372. The molecule has 2 aromatic carbocycles. The lowest BCUT2D eigenvalue weighted by atomic mass is 10.2. The van der Waals surface area contributed by atoms with Crippen LogP contribution in [0.4, 0.5) is 11.5 Å². The lowest BCUT2D eigenvalue weighted by Gasteiger charge is -2.16. The molecule has 0 radical (unpaired) electrons. The number of hydrogen-bond acceptors (Lipinski definition) is 7. The Hall–Kier alpha value is -3.42. The molecule has 1 aliphatic heterocycles. The van der Waals surface area contributed by atoms with Gasteiger partial charge in [-0.25, -0.2) is 9.97 Å². The van der Waals surface area contributed by atoms with Gasteiger partial charge >= 0.3 is 0 Å². The molecule has 5 rings (SSSR count). The molecule has 3 heterocycles. The van der Waals surface area contributed by atoms with Crippen molar-refractivity contribution < 1.29 is 9.47 Å². The number of halogens is 1. The molecule has 7 nitrogen and oxygen atoms in total. The Kier molecular flexibility index (Phi) is 6.24. The van der Waals surface area contributed by atoms with E-state index in [0.29, 0.717) is 35.0 Å². The van der Waals surface area contributed by atoms with Crippen molar-refractivity contribution in [2.45, 2.75) is 25.8 Å². The highest BCUT2D eigenvalue weighted by Crippen LogP contribution is 2.35. The zero-order valence-electron chi connectivity index (χ0n) is 18.2. The fourth-order valence-electron chi connectivity index (χ4n) is 3.82. The summed E-state index contributed by atoms with van der Waals surface area (Å²) in [6.45, 7) is 3.58. The van der Waals surface area contributed by atoms with Gasteiger partial charge in [-0.05, 0) is 68.8 Å². The minimum atomic E-state index is 0.372. The predicted octanol–water partition coefficient (Wildman–Crippen LogP) is 5.65. The first-order valence-electron chi connectivity index (χ1n) is 10.9. The van der Waals surface area contributed by atoms with Crippen LogP contribution in [0.5, 0.6) is 17.2 Å². The Morgan fingerprint density at radius 1 is 1.09 bits per heavy atom. The van der Waals surface area contributed by atoms with Crippen LogP contribution in [0.25, 0.3) is 10.9 Å². The van der Waals surface area contributed by atoms with Crippen molar-refractivity contribution in [3.63, 3.8) is 0 Å². The summed E-state index contributed by atoms with van der Waals surface area (Å²) in [6.07, 6.45) is 5.52. The largest absolute Gasteiger partial charge is 0.491 e. The van der Waals surface area contributed by atoms with Crippen molar-refractivity contribution in [2.24, 2.45) is 0 Å². The molecule has 2 aromatic heterocycles. The molecule has 1 aliphatic rings. The van der Waals surface area contributed by atoms with Gasteiger partial charge < -0.3 is 20.1 Å². The SMILES string of the molecule is Cc1ccc(Oc2ccc(Nc3ncnc4cccc(OC[C@H]5CCCN5)c34)cc2Cl)cn1. The van der Waals surface area contributed by atoms with Crippen LogP contribution in [0, 0.1) is 6.92 Å². The molecular weight excluding hydrogens is 438 g/mol. The molecule has 0 spiro atoms. The molecule has 4 aromatic rings. The smallest absolute Gasteiger partial charge is 0.146 e. The van der Waals surface area contributed by atoms with Gasteiger partial charge in [-0.2, -0.15) is 0 Å². The first-order chi connectivity index (χ1) is 16.2. The molecular formula is C25H24ClN5O2. The predicted molar refractivity (Wildman–Crippen MR) is 130 cm³/mol. The van der Waals surface area contributed by atoms with Crippen molar-refractivity contribution in [2.75, 3.05) is 18.5 Å². The van der Waals surface area contributed by atoms with Crippen LogP contribution in [0.3, 0.4) is 0 Å². The fraction of sp³-hybridized carbons (Fsp3) is 0.240. The summed E-state index contributed by atoms with van der Waals surface area (Å²) in [5.41, 5.74) is 2.51. The van der Waals surface area contributed by atoms with Crippen LogP contribution >= 0.6 is 11.6 Å². The number of fused-ring (bicyclic) bond motifs is 1. The minimum Gasteiger partial charge on any atom is -0.491 e. The van der Waals surface area contributed by atoms with Gasteiger partial charge in [0.05, 0.1) is 22.1 Å². The van der Waals surface area contributed by atoms with Crippen molar-refractivity contribution in [1.29, 1.82) is 0 Å². The quantitative estimate of drug-likeness (QED) is 0.368. The van der Waals surface area contributed by atoms with E-state index in [1.165, 1.54) is 12.7 Å². The molecule has 1 fully saturated rings. The fourth-order valence-corrected chi connectivity index (χ4v) is 4.04. The molecule has 1 atom stereocenters. The molecule has 1 saturated heterocycles. The van der Waals surface area contributed by atoms with Crippen LogP contribution in [-0.2, 0) is 0 Å². The highest BCUT2D eigenvalue weighted by Gasteiger charge is 2.17. The van der Waals surface area contributed by atoms with Gasteiger partial charge in [0.25, 0.3) is 0 Å². The van der Waals surface area contributed by atoms with Crippen molar-refractivity contribution >= 4 is 34.0 Å². The number of aryl methyl sites for hydroxylation is 1. The molecule has 0 unspecified atom stereocenters. The summed E-state index contributed by atoms with van der Waals surface area (Å²) in [7, 11) is 0. The summed E-state index contributed by atoms with van der Waals surface area (Å²) < 4.78 is 12.0. The molecule has 0 amide bonds.